The van der Waals surface area contributed by atoms with Crippen LogP contribution in [0.25, 0.3) is 0 Å². The monoisotopic (exact) mass is 250 g/mol. The van der Waals surface area contributed by atoms with Crippen LogP contribution in [0.3, 0.4) is 0 Å². The molecule has 0 bridgehead atoms. The van der Waals surface area contributed by atoms with Crippen LogP contribution >= 0.6 is 0 Å². The maximum absolute atomic E-state index is 13.0. The number of carbonyl (C=O) groups excluding carboxylic acids is 1. The normalized spacial score (nSPS) is 38.8. The van der Waals surface area contributed by atoms with Gasteiger partial charge in [0.05, 0.1) is 5.41 Å². The fraction of sp³-hybridized carbons (Fsp3) is 0.933. The number of fused-ring (bicyclic) bond motifs is 1. The van der Waals surface area contributed by atoms with E-state index in [1.165, 1.54) is 19.3 Å². The molecule has 3 nitrogen and oxygen atoms in total. The van der Waals surface area contributed by atoms with E-state index in [4.69, 9.17) is 0 Å². The van der Waals surface area contributed by atoms with Gasteiger partial charge in [-0.15, -0.1) is 0 Å². The van der Waals surface area contributed by atoms with Gasteiger partial charge in [0.2, 0.25) is 5.91 Å². The van der Waals surface area contributed by atoms with E-state index in [2.05, 4.69) is 24.1 Å². The molecule has 0 aromatic rings. The summed E-state index contributed by atoms with van der Waals surface area (Å²) in [6.07, 6.45) is 6.07. The van der Waals surface area contributed by atoms with Gasteiger partial charge in [-0.2, -0.15) is 0 Å². The van der Waals surface area contributed by atoms with Crippen LogP contribution in [0.2, 0.25) is 0 Å². The van der Waals surface area contributed by atoms with Crippen molar-refractivity contribution in [1.29, 1.82) is 0 Å². The SMILES string of the molecule is CC1(C)CCN(C(=O)[C@@]23CCCC[C@H]2CNC3)C1. The molecule has 2 atom stereocenters. The molecule has 2 aliphatic heterocycles. The maximum Gasteiger partial charge on any atom is 0.230 e. The Morgan fingerprint density at radius 1 is 1.28 bits per heavy atom. The molecule has 0 radical (unpaired) electrons. The lowest BCUT2D eigenvalue weighted by molar-refractivity contribution is -0.144. The average molecular weight is 250 g/mol. The highest BCUT2D eigenvalue weighted by Gasteiger charge is 2.52. The number of amides is 1. The molecule has 18 heavy (non-hydrogen) atoms. The van der Waals surface area contributed by atoms with E-state index < -0.39 is 0 Å². The zero-order chi connectivity index (χ0) is 12.8. The smallest absolute Gasteiger partial charge is 0.230 e. The van der Waals surface area contributed by atoms with Gasteiger partial charge in [-0.3, -0.25) is 4.79 Å². The zero-order valence-electron chi connectivity index (χ0n) is 11.8. The van der Waals surface area contributed by atoms with E-state index in [1.807, 2.05) is 0 Å². The highest BCUT2D eigenvalue weighted by atomic mass is 16.2. The van der Waals surface area contributed by atoms with Gasteiger partial charge in [0.15, 0.2) is 0 Å². The molecule has 2 heterocycles. The van der Waals surface area contributed by atoms with Crippen molar-refractivity contribution < 1.29 is 4.79 Å². The molecule has 1 N–H and O–H groups in total. The van der Waals surface area contributed by atoms with Crippen molar-refractivity contribution in [3.63, 3.8) is 0 Å². The van der Waals surface area contributed by atoms with Crippen LogP contribution < -0.4 is 5.32 Å². The van der Waals surface area contributed by atoms with Crippen LogP contribution in [0.15, 0.2) is 0 Å². The predicted octanol–water partition coefficient (Wildman–Crippen LogP) is 2.02. The second-order valence-corrected chi connectivity index (χ2v) is 7.37. The van der Waals surface area contributed by atoms with Crippen LogP contribution in [0.5, 0.6) is 0 Å². The first-order chi connectivity index (χ1) is 8.54. The third kappa shape index (κ3) is 1.87. The van der Waals surface area contributed by atoms with Crippen LogP contribution in [-0.4, -0.2) is 37.0 Å². The van der Waals surface area contributed by atoms with Crippen molar-refractivity contribution >= 4 is 5.91 Å². The van der Waals surface area contributed by atoms with Crippen molar-refractivity contribution in [1.82, 2.24) is 10.2 Å². The molecule has 3 heteroatoms. The molecular formula is C15H26N2O. The van der Waals surface area contributed by atoms with Crippen LogP contribution in [-0.2, 0) is 4.79 Å². The minimum absolute atomic E-state index is 0.0430. The van der Waals surface area contributed by atoms with Crippen molar-refractivity contribution in [2.75, 3.05) is 26.2 Å². The van der Waals surface area contributed by atoms with E-state index in [0.29, 0.717) is 17.2 Å². The molecule has 1 aliphatic carbocycles. The second kappa shape index (κ2) is 4.22. The molecule has 0 aromatic heterocycles. The Bertz CT molecular complexity index is 352. The van der Waals surface area contributed by atoms with Crippen molar-refractivity contribution in [3.05, 3.63) is 0 Å². The lowest BCUT2D eigenvalue weighted by Crippen LogP contribution is -2.49. The van der Waals surface area contributed by atoms with Gasteiger partial charge in [-0.1, -0.05) is 26.7 Å². The number of nitrogens with one attached hydrogen (secondary N) is 1. The van der Waals surface area contributed by atoms with E-state index >= 15 is 0 Å². The standard InChI is InChI=1S/C15H26N2O/c1-14(2)7-8-17(11-14)13(18)15-6-4-3-5-12(15)9-16-10-15/h12,16H,3-11H2,1-2H3/t12-,15+/m0/s1. The van der Waals surface area contributed by atoms with Crippen LogP contribution in [0, 0.1) is 16.7 Å². The molecule has 3 aliphatic rings. The summed E-state index contributed by atoms with van der Waals surface area (Å²) in [6, 6.07) is 0. The maximum atomic E-state index is 13.0. The Morgan fingerprint density at radius 3 is 2.83 bits per heavy atom. The van der Waals surface area contributed by atoms with Crippen LogP contribution in [0.1, 0.15) is 46.0 Å². The zero-order valence-corrected chi connectivity index (χ0v) is 11.8. The Kier molecular flexibility index (Phi) is 2.92. The average Bonchev–Trinajstić information content (AvgIpc) is 2.92. The first-order valence-electron chi connectivity index (χ1n) is 7.54. The van der Waals surface area contributed by atoms with E-state index in [-0.39, 0.29) is 5.41 Å². The molecule has 3 fully saturated rings. The molecule has 0 spiro atoms. The first-order valence-corrected chi connectivity index (χ1v) is 7.54. The summed E-state index contributed by atoms with van der Waals surface area (Å²) < 4.78 is 0. The number of carbonyl (C=O) groups is 1. The highest BCUT2D eigenvalue weighted by Crippen LogP contribution is 2.46. The molecule has 0 aromatic carbocycles. The number of rotatable bonds is 1. The molecule has 102 valence electrons. The lowest BCUT2D eigenvalue weighted by Gasteiger charge is -2.40. The van der Waals surface area contributed by atoms with E-state index in [1.54, 1.807) is 0 Å². The van der Waals surface area contributed by atoms with Gasteiger partial charge < -0.3 is 10.2 Å². The largest absolute Gasteiger partial charge is 0.342 e. The summed E-state index contributed by atoms with van der Waals surface area (Å²) in [7, 11) is 0. The molecule has 1 saturated carbocycles. The van der Waals surface area contributed by atoms with Gasteiger partial charge >= 0.3 is 0 Å². The Balaban J connectivity index is 1.79. The summed E-state index contributed by atoms with van der Waals surface area (Å²) in [5.41, 5.74) is 0.279. The van der Waals surface area contributed by atoms with Crippen LogP contribution in [0.4, 0.5) is 0 Å². The lowest BCUT2D eigenvalue weighted by atomic mass is 9.67. The Morgan fingerprint density at radius 2 is 2.11 bits per heavy atom. The number of hydrogen-bond donors (Lipinski definition) is 1. The Hall–Kier alpha value is -0.570. The number of likely N-dealkylation sites (tertiary alicyclic amines) is 1. The topological polar surface area (TPSA) is 32.3 Å². The molecule has 2 saturated heterocycles. The second-order valence-electron chi connectivity index (χ2n) is 7.37. The Labute approximate surface area is 110 Å². The third-order valence-electron chi connectivity index (χ3n) is 5.43. The van der Waals surface area contributed by atoms with Crippen molar-refractivity contribution in [2.45, 2.75) is 46.0 Å². The number of hydrogen-bond acceptors (Lipinski definition) is 2. The fourth-order valence-corrected chi connectivity index (χ4v) is 4.27. The van der Waals surface area contributed by atoms with Crippen molar-refractivity contribution in [2.24, 2.45) is 16.7 Å². The highest BCUT2D eigenvalue weighted by molar-refractivity contribution is 5.84. The van der Waals surface area contributed by atoms with Gasteiger partial charge in [0.1, 0.15) is 0 Å². The van der Waals surface area contributed by atoms with Gasteiger partial charge in [-0.05, 0) is 37.1 Å². The minimum Gasteiger partial charge on any atom is -0.342 e. The number of nitrogens with zero attached hydrogens (tertiary/aromatic N) is 1. The summed E-state index contributed by atoms with van der Waals surface area (Å²) in [5.74, 6) is 1.06. The van der Waals surface area contributed by atoms with E-state index in [9.17, 15) is 4.79 Å². The summed E-state index contributed by atoms with van der Waals surface area (Å²) in [6.45, 7) is 8.48. The van der Waals surface area contributed by atoms with Gasteiger partial charge in [0.25, 0.3) is 0 Å². The minimum atomic E-state index is -0.0430. The molecule has 3 rings (SSSR count). The molecule has 1 amide bonds. The first kappa shape index (κ1) is 12.5. The van der Waals surface area contributed by atoms with E-state index in [0.717, 1.165) is 39.0 Å². The third-order valence-corrected chi connectivity index (χ3v) is 5.43. The molecule has 0 unspecified atom stereocenters. The molecular weight excluding hydrogens is 224 g/mol. The van der Waals surface area contributed by atoms with Gasteiger partial charge in [-0.25, -0.2) is 0 Å². The quantitative estimate of drug-likeness (QED) is 0.772. The summed E-state index contributed by atoms with van der Waals surface area (Å²) in [4.78, 5) is 15.1. The predicted molar refractivity (Wildman–Crippen MR) is 72.2 cm³/mol. The van der Waals surface area contributed by atoms with Gasteiger partial charge in [0, 0.05) is 19.6 Å². The fourth-order valence-electron chi connectivity index (χ4n) is 4.27. The summed E-state index contributed by atoms with van der Waals surface area (Å²) >= 11 is 0. The van der Waals surface area contributed by atoms with Crippen molar-refractivity contribution in [3.8, 4) is 0 Å². The summed E-state index contributed by atoms with van der Waals surface area (Å²) in [5, 5.41) is 3.48.